The molecule has 1 saturated heterocycles. The lowest BCUT2D eigenvalue weighted by Crippen LogP contribution is -2.29. The summed E-state index contributed by atoms with van der Waals surface area (Å²) in [6.07, 6.45) is 0. The molecule has 1 amide bonds. The summed E-state index contributed by atoms with van der Waals surface area (Å²) in [7, 11) is 1.26. The summed E-state index contributed by atoms with van der Waals surface area (Å²) in [4.78, 5) is 44.5. The van der Waals surface area contributed by atoms with Crippen LogP contribution < -0.4 is 9.64 Å². The number of ether oxygens (including phenoxy) is 2. The number of aryl methyl sites for hydroxylation is 2. The van der Waals surface area contributed by atoms with Gasteiger partial charge in [-0.2, -0.15) is 0 Å². The molecular weight excluding hydrogens is 468 g/mol. The van der Waals surface area contributed by atoms with Crippen molar-refractivity contribution in [3.8, 4) is 5.75 Å². The summed E-state index contributed by atoms with van der Waals surface area (Å²) in [5, 5.41) is 11.5. The van der Waals surface area contributed by atoms with E-state index in [4.69, 9.17) is 9.47 Å². The van der Waals surface area contributed by atoms with E-state index in [0.29, 0.717) is 29.2 Å². The molecule has 8 nitrogen and oxygen atoms in total. The lowest BCUT2D eigenvalue weighted by atomic mass is 9.95. The van der Waals surface area contributed by atoms with Crippen molar-refractivity contribution in [2.24, 2.45) is 0 Å². The zero-order valence-electron chi connectivity index (χ0n) is 19.7. The average molecular weight is 493 g/mol. The fraction of sp³-hybridized carbons (Fsp3) is 0.231. The number of carbonyl (C=O) groups excluding carboxylic acids is 3. The maximum Gasteiger partial charge on any atom is 0.350 e. The summed E-state index contributed by atoms with van der Waals surface area (Å²) in [5.41, 5.74) is 2.10. The van der Waals surface area contributed by atoms with Gasteiger partial charge in [0, 0.05) is 5.56 Å². The Balaban J connectivity index is 1.90. The molecule has 0 bridgehead atoms. The Morgan fingerprint density at radius 3 is 2.49 bits per heavy atom. The van der Waals surface area contributed by atoms with Crippen LogP contribution in [0.4, 0.5) is 5.13 Å². The Hall–Kier alpha value is -3.98. The number of hydrogen-bond donors (Lipinski definition) is 1. The van der Waals surface area contributed by atoms with Gasteiger partial charge in [-0.25, -0.2) is 9.78 Å². The highest BCUT2D eigenvalue weighted by molar-refractivity contribution is 7.17. The van der Waals surface area contributed by atoms with Crippen molar-refractivity contribution in [3.63, 3.8) is 0 Å². The Bertz CT molecular complexity index is 1350. The zero-order valence-corrected chi connectivity index (χ0v) is 20.5. The highest BCUT2D eigenvalue weighted by atomic mass is 32.1. The molecular formula is C26H24N2O6S. The van der Waals surface area contributed by atoms with E-state index in [1.54, 1.807) is 49.4 Å². The van der Waals surface area contributed by atoms with E-state index < -0.39 is 23.7 Å². The van der Waals surface area contributed by atoms with Gasteiger partial charge in [-0.05, 0) is 50.1 Å². The number of thiazole rings is 1. The van der Waals surface area contributed by atoms with Crippen LogP contribution in [0, 0.1) is 13.8 Å². The van der Waals surface area contributed by atoms with Gasteiger partial charge < -0.3 is 14.6 Å². The van der Waals surface area contributed by atoms with Crippen LogP contribution in [0.1, 0.15) is 45.0 Å². The predicted molar refractivity (Wildman–Crippen MR) is 132 cm³/mol. The molecule has 0 saturated carbocycles. The van der Waals surface area contributed by atoms with Crippen molar-refractivity contribution in [1.29, 1.82) is 0 Å². The largest absolute Gasteiger partial charge is 0.507 e. The monoisotopic (exact) mass is 492 g/mol. The minimum Gasteiger partial charge on any atom is -0.507 e. The molecule has 9 heteroatoms. The molecule has 2 aromatic carbocycles. The number of amides is 1. The number of benzene rings is 2. The first-order valence-electron chi connectivity index (χ1n) is 10.9. The maximum atomic E-state index is 13.3. The minimum atomic E-state index is -0.931. The molecule has 1 aromatic heterocycles. The summed E-state index contributed by atoms with van der Waals surface area (Å²) in [6, 6.07) is 13.0. The van der Waals surface area contributed by atoms with Gasteiger partial charge in [-0.3, -0.25) is 14.5 Å². The highest BCUT2D eigenvalue weighted by Gasteiger charge is 2.48. The highest BCUT2D eigenvalue weighted by Crippen LogP contribution is 2.44. The second-order valence-corrected chi connectivity index (χ2v) is 8.87. The molecule has 0 spiro atoms. The molecule has 0 aliphatic carbocycles. The molecule has 180 valence electrons. The van der Waals surface area contributed by atoms with Crippen LogP contribution in [0.2, 0.25) is 0 Å². The van der Waals surface area contributed by atoms with Crippen LogP contribution in [-0.2, 0) is 14.3 Å². The van der Waals surface area contributed by atoms with E-state index in [-0.39, 0.29) is 21.3 Å². The molecule has 0 radical (unpaired) electrons. The molecule has 2 heterocycles. The van der Waals surface area contributed by atoms with E-state index in [1.807, 2.05) is 19.9 Å². The number of nitrogens with zero attached hydrogens (tertiary/aromatic N) is 2. The topological polar surface area (TPSA) is 106 Å². The Morgan fingerprint density at radius 2 is 1.86 bits per heavy atom. The number of carbonyl (C=O) groups is 3. The average Bonchev–Trinajstić information content (AvgIpc) is 3.36. The number of rotatable bonds is 6. The molecule has 1 fully saturated rings. The number of Topliss-reactive ketones (excluding diaryl/α,β-unsaturated/α-hetero) is 1. The number of hydrogen-bond acceptors (Lipinski definition) is 8. The Morgan fingerprint density at radius 1 is 1.14 bits per heavy atom. The quantitative estimate of drug-likeness (QED) is 0.232. The molecule has 1 aliphatic heterocycles. The number of aliphatic hydroxyl groups is 1. The number of anilines is 1. The summed E-state index contributed by atoms with van der Waals surface area (Å²) < 4.78 is 10.4. The first-order chi connectivity index (χ1) is 16.8. The summed E-state index contributed by atoms with van der Waals surface area (Å²) in [6.45, 7) is 5.83. The third kappa shape index (κ3) is 4.30. The third-order valence-corrected chi connectivity index (χ3v) is 6.81. The Kier molecular flexibility index (Phi) is 6.70. The molecule has 3 aromatic rings. The Labute approximate surface area is 206 Å². The van der Waals surface area contributed by atoms with E-state index in [1.165, 1.54) is 12.0 Å². The second kappa shape index (κ2) is 9.71. The SMILES string of the molecule is CCOc1ccc(/C(O)=C2/C(=O)C(=O)N(c3nc(C)c(C(=O)OC)s3)C2c2ccccc2)cc1C. The van der Waals surface area contributed by atoms with E-state index >= 15 is 0 Å². The van der Waals surface area contributed by atoms with Crippen molar-refractivity contribution in [2.45, 2.75) is 26.8 Å². The zero-order chi connectivity index (χ0) is 25.3. The molecule has 1 N–H and O–H groups in total. The maximum absolute atomic E-state index is 13.3. The number of aliphatic hydroxyl groups excluding tert-OH is 1. The molecule has 35 heavy (non-hydrogen) atoms. The number of methoxy groups -OCH3 is 1. The van der Waals surface area contributed by atoms with Crippen molar-refractivity contribution in [3.05, 3.63) is 81.4 Å². The van der Waals surface area contributed by atoms with Crippen molar-refractivity contribution in [2.75, 3.05) is 18.6 Å². The molecule has 1 unspecified atom stereocenters. The van der Waals surface area contributed by atoms with Gasteiger partial charge in [0.15, 0.2) is 5.13 Å². The fourth-order valence-corrected chi connectivity index (χ4v) is 5.03. The normalized spacial score (nSPS) is 17.0. The van der Waals surface area contributed by atoms with Crippen LogP contribution in [0.3, 0.4) is 0 Å². The molecule has 1 aliphatic rings. The lowest BCUT2D eigenvalue weighted by molar-refractivity contribution is -0.132. The van der Waals surface area contributed by atoms with Crippen LogP contribution in [0.5, 0.6) is 5.75 Å². The van der Waals surface area contributed by atoms with Gasteiger partial charge in [0.05, 0.1) is 31.0 Å². The van der Waals surface area contributed by atoms with Crippen molar-refractivity contribution < 1.29 is 29.0 Å². The van der Waals surface area contributed by atoms with E-state index in [9.17, 15) is 19.5 Å². The third-order valence-electron chi connectivity index (χ3n) is 5.67. The number of esters is 1. The van der Waals surface area contributed by atoms with Crippen LogP contribution in [0.25, 0.3) is 5.76 Å². The van der Waals surface area contributed by atoms with E-state index in [0.717, 1.165) is 16.9 Å². The van der Waals surface area contributed by atoms with Crippen molar-refractivity contribution >= 4 is 39.9 Å². The second-order valence-electron chi connectivity index (χ2n) is 7.90. The van der Waals surface area contributed by atoms with Crippen LogP contribution >= 0.6 is 11.3 Å². The van der Waals surface area contributed by atoms with Gasteiger partial charge in [0.25, 0.3) is 5.78 Å². The summed E-state index contributed by atoms with van der Waals surface area (Å²) in [5.74, 6) is -1.89. The van der Waals surface area contributed by atoms with Crippen LogP contribution in [0.15, 0.2) is 54.1 Å². The fourth-order valence-electron chi connectivity index (χ4n) is 4.02. The first-order valence-corrected chi connectivity index (χ1v) is 11.8. The molecule has 1 atom stereocenters. The van der Waals surface area contributed by atoms with Gasteiger partial charge in [0.2, 0.25) is 0 Å². The van der Waals surface area contributed by atoms with Gasteiger partial charge in [-0.1, -0.05) is 41.7 Å². The predicted octanol–water partition coefficient (Wildman–Crippen LogP) is 4.57. The standard InChI is InChI=1S/C26H24N2O6S/c1-5-34-18-12-11-17(13-14(18)2)21(29)19-20(16-9-7-6-8-10-16)28(24(31)22(19)30)26-27-15(3)23(35-26)25(32)33-4/h6-13,20,29H,5H2,1-4H3/b21-19-. The number of ketones is 1. The minimum absolute atomic E-state index is 0.0581. The van der Waals surface area contributed by atoms with Gasteiger partial charge in [0.1, 0.15) is 16.4 Å². The van der Waals surface area contributed by atoms with Gasteiger partial charge >= 0.3 is 11.9 Å². The molecule has 4 rings (SSSR count). The van der Waals surface area contributed by atoms with Gasteiger partial charge in [-0.15, -0.1) is 0 Å². The van der Waals surface area contributed by atoms with E-state index in [2.05, 4.69) is 4.98 Å². The first kappa shape index (κ1) is 24.2. The van der Waals surface area contributed by atoms with Crippen molar-refractivity contribution in [1.82, 2.24) is 4.98 Å². The van der Waals surface area contributed by atoms with Crippen LogP contribution in [-0.4, -0.2) is 41.5 Å². The smallest absolute Gasteiger partial charge is 0.350 e. The summed E-state index contributed by atoms with van der Waals surface area (Å²) >= 11 is 0.960. The lowest BCUT2D eigenvalue weighted by Gasteiger charge is -2.23. The number of aromatic nitrogens is 1.